The van der Waals surface area contributed by atoms with Crippen molar-refractivity contribution in [3.63, 3.8) is 0 Å². The molecule has 152 valence electrons. The lowest BCUT2D eigenvalue weighted by Crippen LogP contribution is -2.43. The Kier molecular flexibility index (Phi) is 5.30. The van der Waals surface area contributed by atoms with Crippen LogP contribution >= 0.6 is 0 Å². The molecule has 0 bridgehead atoms. The highest BCUT2D eigenvalue weighted by atomic mass is 19.1. The van der Waals surface area contributed by atoms with Gasteiger partial charge in [-0.25, -0.2) is 4.39 Å². The molecule has 1 aliphatic heterocycles. The maximum absolute atomic E-state index is 15.2. The monoisotopic (exact) mass is 380 g/mol. The SMILES string of the molecule is C=C1CCCC(C)(C)[C@@H]2CC[C@@](C)([C@@H]3C(F)O[C@@H](C(C)=O)[C@@H]3CC(=O)O)[C@H]12. The Morgan fingerprint density at radius 2 is 1.96 bits per heavy atom. The van der Waals surface area contributed by atoms with Crippen LogP contribution in [0.25, 0.3) is 0 Å². The normalized spacial score (nSPS) is 44.0. The minimum absolute atomic E-state index is 0.142. The number of carbonyl (C=O) groups excluding carboxylic acids is 1. The molecule has 3 fully saturated rings. The summed E-state index contributed by atoms with van der Waals surface area (Å²) in [6.45, 7) is 12.4. The lowest BCUT2D eigenvalue weighted by molar-refractivity contribution is -0.140. The molecule has 2 aliphatic carbocycles. The van der Waals surface area contributed by atoms with E-state index in [1.54, 1.807) is 0 Å². The van der Waals surface area contributed by atoms with Gasteiger partial charge in [-0.05, 0) is 61.7 Å². The fourth-order valence-corrected chi connectivity index (χ4v) is 6.66. The van der Waals surface area contributed by atoms with Crippen molar-refractivity contribution in [2.75, 3.05) is 0 Å². The van der Waals surface area contributed by atoms with E-state index in [0.29, 0.717) is 5.92 Å². The Hall–Kier alpha value is -1.23. The molecular weight excluding hydrogens is 347 g/mol. The second kappa shape index (κ2) is 6.98. The number of hydrogen-bond donors (Lipinski definition) is 1. The van der Waals surface area contributed by atoms with Crippen LogP contribution in [0.2, 0.25) is 0 Å². The van der Waals surface area contributed by atoms with Crippen LogP contribution in [0.4, 0.5) is 4.39 Å². The first-order valence-corrected chi connectivity index (χ1v) is 10.2. The van der Waals surface area contributed by atoms with Gasteiger partial charge >= 0.3 is 5.97 Å². The summed E-state index contributed by atoms with van der Waals surface area (Å²) in [4.78, 5) is 23.5. The number of aliphatic carboxylic acids is 1. The predicted octanol–water partition coefficient (Wildman–Crippen LogP) is 4.78. The van der Waals surface area contributed by atoms with Crippen LogP contribution in [-0.4, -0.2) is 29.3 Å². The van der Waals surface area contributed by atoms with Crippen molar-refractivity contribution < 1.29 is 23.8 Å². The molecular formula is C22H33FO4. The Balaban J connectivity index is 2.02. The lowest BCUT2D eigenvalue weighted by atomic mass is 9.59. The Morgan fingerprint density at radius 3 is 2.56 bits per heavy atom. The average molecular weight is 381 g/mol. The molecule has 0 aromatic rings. The van der Waals surface area contributed by atoms with Crippen LogP contribution in [0.15, 0.2) is 12.2 Å². The van der Waals surface area contributed by atoms with Gasteiger partial charge < -0.3 is 9.84 Å². The maximum Gasteiger partial charge on any atom is 0.303 e. The summed E-state index contributed by atoms with van der Waals surface area (Å²) in [5.41, 5.74) is 0.876. The number of carboxylic acids is 1. The van der Waals surface area contributed by atoms with Crippen LogP contribution in [-0.2, 0) is 14.3 Å². The van der Waals surface area contributed by atoms with E-state index in [0.717, 1.165) is 37.7 Å². The van der Waals surface area contributed by atoms with E-state index in [9.17, 15) is 14.7 Å². The van der Waals surface area contributed by atoms with E-state index >= 15 is 4.39 Å². The minimum Gasteiger partial charge on any atom is -0.481 e. The Bertz CT molecular complexity index is 642. The number of Topliss-reactive ketones (excluding diaryl/α,β-unsaturated/α-hetero) is 1. The molecule has 27 heavy (non-hydrogen) atoms. The third kappa shape index (κ3) is 3.37. The molecule has 1 saturated heterocycles. The number of halogens is 1. The smallest absolute Gasteiger partial charge is 0.303 e. The lowest BCUT2D eigenvalue weighted by Gasteiger charge is -2.44. The molecule has 0 amide bonds. The first-order chi connectivity index (χ1) is 12.5. The van der Waals surface area contributed by atoms with E-state index in [4.69, 9.17) is 4.74 Å². The van der Waals surface area contributed by atoms with Gasteiger partial charge in [0.15, 0.2) is 5.78 Å². The summed E-state index contributed by atoms with van der Waals surface area (Å²) in [6, 6.07) is 0. The van der Waals surface area contributed by atoms with Gasteiger partial charge in [-0.2, -0.15) is 0 Å². The molecule has 5 heteroatoms. The van der Waals surface area contributed by atoms with Crippen LogP contribution in [0, 0.1) is 34.5 Å². The van der Waals surface area contributed by atoms with E-state index in [1.165, 1.54) is 6.92 Å². The third-order valence-electron chi connectivity index (χ3n) is 7.85. The van der Waals surface area contributed by atoms with Gasteiger partial charge in [0.25, 0.3) is 0 Å². The van der Waals surface area contributed by atoms with Crippen molar-refractivity contribution >= 4 is 11.8 Å². The second-order valence-electron chi connectivity index (χ2n) is 9.94. The van der Waals surface area contributed by atoms with Gasteiger partial charge in [0.05, 0.1) is 6.42 Å². The number of fused-ring (bicyclic) bond motifs is 1. The summed E-state index contributed by atoms with van der Waals surface area (Å²) >= 11 is 0. The number of ether oxygens (including phenoxy) is 1. The molecule has 0 radical (unpaired) electrons. The van der Waals surface area contributed by atoms with Crippen molar-refractivity contribution in [2.45, 2.75) is 78.7 Å². The summed E-state index contributed by atoms with van der Waals surface area (Å²) in [5.74, 6) is -1.96. The fourth-order valence-electron chi connectivity index (χ4n) is 6.66. The average Bonchev–Trinajstić information content (AvgIpc) is 3.01. The quantitative estimate of drug-likeness (QED) is 0.713. The summed E-state index contributed by atoms with van der Waals surface area (Å²) < 4.78 is 20.6. The molecule has 3 rings (SSSR count). The molecule has 1 N–H and O–H groups in total. The van der Waals surface area contributed by atoms with E-state index < -0.39 is 35.7 Å². The van der Waals surface area contributed by atoms with Gasteiger partial charge in [0, 0.05) is 11.8 Å². The number of ketones is 1. The van der Waals surface area contributed by atoms with Crippen LogP contribution in [0.1, 0.15) is 66.2 Å². The van der Waals surface area contributed by atoms with Crippen molar-refractivity contribution in [2.24, 2.45) is 34.5 Å². The van der Waals surface area contributed by atoms with E-state index in [-0.39, 0.29) is 23.5 Å². The molecule has 0 spiro atoms. The van der Waals surface area contributed by atoms with Gasteiger partial charge in [-0.3, -0.25) is 9.59 Å². The first kappa shape index (κ1) is 20.5. The number of carbonyl (C=O) groups is 2. The minimum atomic E-state index is -1.61. The van der Waals surface area contributed by atoms with Crippen molar-refractivity contribution in [1.29, 1.82) is 0 Å². The molecule has 7 atom stereocenters. The number of alkyl halides is 1. The fraction of sp³-hybridized carbons (Fsp3) is 0.818. The Morgan fingerprint density at radius 1 is 1.30 bits per heavy atom. The van der Waals surface area contributed by atoms with E-state index in [1.807, 2.05) is 0 Å². The number of rotatable bonds is 4. The molecule has 2 saturated carbocycles. The van der Waals surface area contributed by atoms with Crippen LogP contribution < -0.4 is 0 Å². The van der Waals surface area contributed by atoms with E-state index in [2.05, 4.69) is 27.4 Å². The molecule has 3 aliphatic rings. The number of hydrogen-bond acceptors (Lipinski definition) is 3. The second-order valence-corrected chi connectivity index (χ2v) is 9.94. The van der Waals surface area contributed by atoms with Crippen molar-refractivity contribution in [1.82, 2.24) is 0 Å². The molecule has 0 aromatic heterocycles. The largest absolute Gasteiger partial charge is 0.481 e. The highest BCUT2D eigenvalue weighted by Crippen LogP contribution is 2.65. The van der Waals surface area contributed by atoms with Gasteiger partial charge in [0.1, 0.15) is 6.10 Å². The number of carboxylic acid groups (broad SMARTS) is 1. The molecule has 1 unspecified atom stereocenters. The number of allylic oxidation sites excluding steroid dienone is 1. The predicted molar refractivity (Wildman–Crippen MR) is 101 cm³/mol. The molecule has 1 heterocycles. The van der Waals surface area contributed by atoms with Crippen molar-refractivity contribution in [3.8, 4) is 0 Å². The first-order valence-electron chi connectivity index (χ1n) is 10.2. The van der Waals surface area contributed by atoms with Crippen LogP contribution in [0.3, 0.4) is 0 Å². The van der Waals surface area contributed by atoms with Crippen LogP contribution in [0.5, 0.6) is 0 Å². The highest BCUT2D eigenvalue weighted by molar-refractivity contribution is 5.82. The maximum atomic E-state index is 15.2. The Labute approximate surface area is 161 Å². The van der Waals surface area contributed by atoms with Crippen molar-refractivity contribution in [3.05, 3.63) is 12.2 Å². The standard InChI is InChI=1S/C22H33FO4/c1-12-7-6-9-21(3,4)15-8-10-22(5,17(12)15)18-14(11-16(25)26)19(13(2)24)27-20(18)23/h14-15,17-20H,1,6-11H2,2-5H3,(H,25,26)/t14-,15-,17-,18+,19+,20?,22-/m1/s1. The van der Waals surface area contributed by atoms with Gasteiger partial charge in [0.2, 0.25) is 6.36 Å². The van der Waals surface area contributed by atoms with Gasteiger partial charge in [-0.1, -0.05) is 32.9 Å². The third-order valence-corrected chi connectivity index (χ3v) is 7.85. The summed E-state index contributed by atoms with van der Waals surface area (Å²) in [6.07, 6.45) is 2.14. The van der Waals surface area contributed by atoms with Gasteiger partial charge in [-0.15, -0.1) is 0 Å². The molecule has 4 nitrogen and oxygen atoms in total. The molecule has 0 aromatic carbocycles. The summed E-state index contributed by atoms with van der Waals surface area (Å²) in [7, 11) is 0. The zero-order chi connectivity index (χ0) is 20.1. The zero-order valence-electron chi connectivity index (χ0n) is 17.0. The zero-order valence-corrected chi connectivity index (χ0v) is 17.0. The topological polar surface area (TPSA) is 63.6 Å². The summed E-state index contributed by atoms with van der Waals surface area (Å²) in [5, 5.41) is 9.41. The highest BCUT2D eigenvalue weighted by Gasteiger charge is 2.62.